The average molecular weight is 315 g/mol. The molecule has 1 aromatic rings. The molecule has 0 radical (unpaired) electrons. The molecule has 2 N–H and O–H groups in total. The molecule has 1 fully saturated rings. The lowest BCUT2D eigenvalue weighted by atomic mass is 10.1. The number of barbiturate groups is 1. The number of hydrogen-bond acceptors (Lipinski definition) is 6. The Bertz CT molecular complexity index is 711. The van der Waals surface area contributed by atoms with Crippen molar-refractivity contribution in [2.45, 2.75) is 6.92 Å². The van der Waals surface area contributed by atoms with Gasteiger partial charge in [0.1, 0.15) is 11.6 Å². The van der Waals surface area contributed by atoms with Gasteiger partial charge >= 0.3 is 6.03 Å². The molecule has 0 unspecified atom stereocenters. The van der Waals surface area contributed by atoms with Crippen molar-refractivity contribution < 1.29 is 23.9 Å². The van der Waals surface area contributed by atoms with Crippen LogP contribution in [0.1, 0.15) is 12.5 Å². The molecule has 2 rings (SSSR count). The van der Waals surface area contributed by atoms with Crippen molar-refractivity contribution in [3.05, 3.63) is 29.3 Å². The Kier molecular flexibility index (Phi) is 4.94. The number of benzene rings is 1. The molecule has 8 nitrogen and oxygen atoms in total. The summed E-state index contributed by atoms with van der Waals surface area (Å²) >= 11 is 0. The quantitative estimate of drug-likeness (QED) is 0.611. The van der Waals surface area contributed by atoms with E-state index < -0.39 is 17.8 Å². The van der Waals surface area contributed by atoms with Gasteiger partial charge in [-0.15, -0.1) is 0 Å². The van der Waals surface area contributed by atoms with Crippen LogP contribution >= 0.6 is 0 Å². The van der Waals surface area contributed by atoms with Crippen molar-refractivity contribution in [3.8, 4) is 17.6 Å². The van der Waals surface area contributed by atoms with Gasteiger partial charge in [0.15, 0.2) is 18.1 Å². The van der Waals surface area contributed by atoms with Gasteiger partial charge in [0.05, 0.1) is 6.61 Å². The molecule has 1 aliphatic heterocycles. The predicted molar refractivity (Wildman–Crippen MR) is 78.4 cm³/mol. The zero-order valence-electron chi connectivity index (χ0n) is 12.2. The largest absolute Gasteiger partial charge is 0.490 e. The van der Waals surface area contributed by atoms with Gasteiger partial charge in [0.2, 0.25) is 0 Å². The third kappa shape index (κ3) is 3.85. The van der Waals surface area contributed by atoms with Gasteiger partial charge in [0.25, 0.3) is 11.8 Å². The highest BCUT2D eigenvalue weighted by Crippen LogP contribution is 2.29. The smallest absolute Gasteiger partial charge is 0.328 e. The molecule has 1 aromatic carbocycles. The number of nitrogens with zero attached hydrogens (tertiary/aromatic N) is 1. The van der Waals surface area contributed by atoms with Crippen LogP contribution in [0.2, 0.25) is 0 Å². The first kappa shape index (κ1) is 16.0. The second-order valence-electron chi connectivity index (χ2n) is 4.38. The summed E-state index contributed by atoms with van der Waals surface area (Å²) in [5, 5.41) is 12.5. The van der Waals surface area contributed by atoms with Crippen LogP contribution in [0, 0.1) is 11.3 Å². The number of amides is 4. The number of ether oxygens (including phenoxy) is 2. The highest BCUT2D eigenvalue weighted by atomic mass is 16.5. The second kappa shape index (κ2) is 7.09. The van der Waals surface area contributed by atoms with Gasteiger partial charge in [-0.25, -0.2) is 4.79 Å². The fourth-order valence-corrected chi connectivity index (χ4v) is 1.89. The summed E-state index contributed by atoms with van der Waals surface area (Å²) in [5.74, 6) is -0.795. The van der Waals surface area contributed by atoms with Crippen molar-refractivity contribution in [1.29, 1.82) is 5.26 Å². The van der Waals surface area contributed by atoms with E-state index in [1.165, 1.54) is 6.08 Å². The zero-order valence-corrected chi connectivity index (χ0v) is 12.2. The first-order valence-electron chi connectivity index (χ1n) is 6.70. The van der Waals surface area contributed by atoms with Crippen molar-refractivity contribution in [2.75, 3.05) is 13.2 Å². The van der Waals surface area contributed by atoms with Crippen molar-refractivity contribution >= 4 is 23.9 Å². The summed E-state index contributed by atoms with van der Waals surface area (Å²) in [6, 6.07) is 5.73. The van der Waals surface area contributed by atoms with E-state index in [1.54, 1.807) is 25.1 Å². The summed E-state index contributed by atoms with van der Waals surface area (Å²) in [6.07, 6.45) is 1.33. The molecule has 23 heavy (non-hydrogen) atoms. The third-order valence-electron chi connectivity index (χ3n) is 2.81. The Labute approximate surface area is 131 Å². The van der Waals surface area contributed by atoms with E-state index >= 15 is 0 Å². The molecule has 0 aromatic heterocycles. The summed E-state index contributed by atoms with van der Waals surface area (Å²) < 4.78 is 10.6. The van der Waals surface area contributed by atoms with Gasteiger partial charge in [-0.2, -0.15) is 5.26 Å². The Morgan fingerprint density at radius 3 is 2.43 bits per heavy atom. The second-order valence-corrected chi connectivity index (χ2v) is 4.38. The lowest BCUT2D eigenvalue weighted by Crippen LogP contribution is -2.51. The number of urea groups is 1. The topological polar surface area (TPSA) is 118 Å². The van der Waals surface area contributed by atoms with E-state index in [1.807, 2.05) is 16.7 Å². The van der Waals surface area contributed by atoms with Crippen molar-refractivity contribution in [1.82, 2.24) is 10.6 Å². The SMILES string of the molecule is CCOc1cc(C=C2C(=O)NC(=O)NC2=O)ccc1OCC#N. The van der Waals surface area contributed by atoms with Crippen molar-refractivity contribution in [2.24, 2.45) is 0 Å². The first-order chi connectivity index (χ1) is 11.0. The summed E-state index contributed by atoms with van der Waals surface area (Å²) in [5.41, 5.74) is 0.310. The number of nitriles is 1. The lowest BCUT2D eigenvalue weighted by molar-refractivity contribution is -0.123. The Hall–Kier alpha value is -3.34. The van der Waals surface area contributed by atoms with E-state index in [9.17, 15) is 14.4 Å². The van der Waals surface area contributed by atoms with E-state index in [4.69, 9.17) is 14.7 Å². The van der Waals surface area contributed by atoms with Crippen LogP contribution in [0.25, 0.3) is 6.08 Å². The first-order valence-corrected chi connectivity index (χ1v) is 6.70. The summed E-state index contributed by atoms with van der Waals surface area (Å²) in [7, 11) is 0. The molecule has 0 spiro atoms. The zero-order chi connectivity index (χ0) is 16.8. The molecular formula is C15H13N3O5. The van der Waals surface area contributed by atoms with Crippen LogP contribution in [-0.2, 0) is 9.59 Å². The number of rotatable bonds is 5. The van der Waals surface area contributed by atoms with Crippen LogP contribution in [0.4, 0.5) is 4.79 Å². The van der Waals surface area contributed by atoms with Gasteiger partial charge in [-0.05, 0) is 30.7 Å². The molecule has 1 saturated heterocycles. The summed E-state index contributed by atoms with van der Waals surface area (Å²) in [6.45, 7) is 2.03. The Morgan fingerprint density at radius 1 is 1.13 bits per heavy atom. The molecule has 118 valence electrons. The molecule has 0 bridgehead atoms. The summed E-state index contributed by atoms with van der Waals surface area (Å²) in [4.78, 5) is 34.4. The monoisotopic (exact) mass is 315 g/mol. The average Bonchev–Trinajstić information content (AvgIpc) is 2.50. The maximum atomic E-state index is 11.7. The van der Waals surface area contributed by atoms with E-state index in [2.05, 4.69) is 0 Å². The lowest BCUT2D eigenvalue weighted by Gasteiger charge is -2.14. The standard InChI is InChI=1S/C15H13N3O5/c1-2-22-12-8-9(3-4-11(12)23-6-5-16)7-10-13(19)17-15(21)18-14(10)20/h3-4,7-8H,2,6H2,1H3,(H2,17,18,19,20,21). The minimum atomic E-state index is -0.854. The minimum Gasteiger partial charge on any atom is -0.490 e. The highest BCUT2D eigenvalue weighted by molar-refractivity contribution is 6.31. The van der Waals surface area contributed by atoms with Gasteiger partial charge in [-0.1, -0.05) is 6.07 Å². The number of nitrogens with one attached hydrogen (secondary N) is 2. The maximum Gasteiger partial charge on any atom is 0.328 e. The Morgan fingerprint density at radius 2 is 1.83 bits per heavy atom. The molecule has 4 amide bonds. The molecule has 0 saturated carbocycles. The van der Waals surface area contributed by atoms with Crippen molar-refractivity contribution in [3.63, 3.8) is 0 Å². The maximum absolute atomic E-state index is 11.7. The molecule has 0 aliphatic carbocycles. The van der Waals surface area contributed by atoms with E-state index in [0.717, 1.165) is 0 Å². The van der Waals surface area contributed by atoms with Gasteiger partial charge in [0, 0.05) is 0 Å². The molecular weight excluding hydrogens is 302 g/mol. The highest BCUT2D eigenvalue weighted by Gasteiger charge is 2.27. The van der Waals surface area contributed by atoms with Crippen LogP contribution in [0.3, 0.4) is 0 Å². The Balaban J connectivity index is 2.32. The molecule has 0 atom stereocenters. The fourth-order valence-electron chi connectivity index (χ4n) is 1.89. The number of carbonyl (C=O) groups excluding carboxylic acids is 3. The number of hydrogen-bond donors (Lipinski definition) is 2. The number of imide groups is 2. The van der Waals surface area contributed by atoms with Gasteiger partial charge < -0.3 is 9.47 Å². The van der Waals surface area contributed by atoms with E-state index in [0.29, 0.717) is 23.7 Å². The third-order valence-corrected chi connectivity index (χ3v) is 2.81. The molecule has 1 aliphatic rings. The normalized spacial score (nSPS) is 13.7. The van der Waals surface area contributed by atoms with Crippen LogP contribution in [-0.4, -0.2) is 31.1 Å². The minimum absolute atomic E-state index is 0.132. The molecule has 1 heterocycles. The van der Waals surface area contributed by atoms with E-state index in [-0.39, 0.29) is 12.2 Å². The van der Waals surface area contributed by atoms with Gasteiger partial charge in [-0.3, -0.25) is 20.2 Å². The number of carbonyl (C=O) groups is 3. The van der Waals surface area contributed by atoms with Crippen LogP contribution in [0.15, 0.2) is 23.8 Å². The van der Waals surface area contributed by atoms with Crippen LogP contribution in [0.5, 0.6) is 11.5 Å². The predicted octanol–water partition coefficient (Wildman–Crippen LogP) is 0.737. The fraction of sp³-hybridized carbons (Fsp3) is 0.200. The molecule has 8 heteroatoms. The van der Waals surface area contributed by atoms with Crippen LogP contribution < -0.4 is 20.1 Å².